The van der Waals surface area contributed by atoms with Gasteiger partial charge in [0.2, 0.25) is 0 Å². The molecule has 0 heterocycles. The largest absolute Gasteiger partial charge is 0.272 e. The third kappa shape index (κ3) is 4.53. The highest BCUT2D eigenvalue weighted by Crippen LogP contribution is 2.34. The molecule has 0 amide bonds. The van der Waals surface area contributed by atoms with Crippen molar-refractivity contribution in [3.05, 3.63) is 72.0 Å². The number of allylic oxidation sites excluding steroid dienone is 4. The number of rotatable bonds is 7. The Kier molecular flexibility index (Phi) is 6.91. The molecule has 0 aliphatic carbocycles. The molecule has 0 saturated heterocycles. The van der Waals surface area contributed by atoms with Gasteiger partial charge in [0, 0.05) is 6.20 Å². The van der Waals surface area contributed by atoms with Crippen molar-refractivity contribution >= 4 is 18.3 Å². The molecule has 0 saturated carbocycles. The van der Waals surface area contributed by atoms with Crippen molar-refractivity contribution in [2.75, 3.05) is 0 Å². The Morgan fingerprint density at radius 1 is 1.37 bits per heavy atom. The number of hydrogen-bond acceptors (Lipinski definition) is 1. The zero-order valence-corrected chi connectivity index (χ0v) is 12.1. The number of alkyl halides is 1. The summed E-state index contributed by atoms with van der Waals surface area (Å²) in [4.78, 5) is 3.89. The predicted octanol–water partition coefficient (Wildman–Crippen LogP) is 5.46. The van der Waals surface area contributed by atoms with Crippen molar-refractivity contribution in [2.45, 2.75) is 25.1 Å². The van der Waals surface area contributed by atoms with Crippen LogP contribution < -0.4 is 0 Å². The van der Waals surface area contributed by atoms with Gasteiger partial charge in [-0.2, -0.15) is 0 Å². The van der Waals surface area contributed by atoms with E-state index in [1.165, 1.54) is 0 Å². The predicted molar refractivity (Wildman–Crippen MR) is 85.9 cm³/mol. The third-order valence-corrected chi connectivity index (χ3v) is 3.40. The lowest BCUT2D eigenvalue weighted by molar-refractivity contribution is 0.945. The summed E-state index contributed by atoms with van der Waals surface area (Å²) in [5, 5.41) is -0.163. The lowest BCUT2D eigenvalue weighted by Crippen LogP contribution is -1.99. The van der Waals surface area contributed by atoms with E-state index in [0.717, 1.165) is 29.6 Å². The van der Waals surface area contributed by atoms with Gasteiger partial charge in [-0.25, -0.2) is 0 Å². The van der Waals surface area contributed by atoms with E-state index in [0.29, 0.717) is 0 Å². The van der Waals surface area contributed by atoms with Crippen LogP contribution in [0.2, 0.25) is 0 Å². The van der Waals surface area contributed by atoms with Gasteiger partial charge in [0.05, 0.1) is 5.38 Å². The smallest absolute Gasteiger partial charge is 0.0835 e. The Balaban J connectivity index is 3.01. The van der Waals surface area contributed by atoms with Crippen LogP contribution in [0.4, 0.5) is 0 Å². The highest BCUT2D eigenvalue weighted by atomic mass is 35.5. The number of nitrogens with zero attached hydrogens (tertiary/aromatic N) is 1. The van der Waals surface area contributed by atoms with Gasteiger partial charge in [-0.1, -0.05) is 42.5 Å². The van der Waals surface area contributed by atoms with Gasteiger partial charge in [0.25, 0.3) is 0 Å². The molecule has 1 aromatic rings. The molecule has 0 aliphatic rings. The van der Waals surface area contributed by atoms with E-state index < -0.39 is 0 Å². The summed E-state index contributed by atoms with van der Waals surface area (Å²) in [6.45, 7) is 9.29. The standard InChI is InChI=1S/C17H20ClN/c1-4-6-10-15(13-19-3)16(5-2)17(18)14-11-8-7-9-12-14/h4-5,7-9,11-13,17H,1,3,6,10H2,2H3/b15-13-,16-5+. The molecule has 0 aliphatic heterocycles. The van der Waals surface area contributed by atoms with Crippen molar-refractivity contribution in [3.63, 3.8) is 0 Å². The van der Waals surface area contributed by atoms with E-state index in [2.05, 4.69) is 18.3 Å². The molecule has 0 radical (unpaired) electrons. The second-order valence-electron chi connectivity index (χ2n) is 4.18. The number of halogens is 1. The molecule has 1 rings (SSSR count). The lowest BCUT2D eigenvalue weighted by Gasteiger charge is -2.17. The van der Waals surface area contributed by atoms with Crippen LogP contribution >= 0.6 is 11.6 Å². The molecule has 19 heavy (non-hydrogen) atoms. The zero-order chi connectivity index (χ0) is 14.1. The molecule has 1 unspecified atom stereocenters. The van der Waals surface area contributed by atoms with Crippen LogP contribution in [0, 0.1) is 0 Å². The average Bonchev–Trinajstić information content (AvgIpc) is 2.46. The molecule has 0 fully saturated rings. The molecule has 0 bridgehead atoms. The first kappa shape index (κ1) is 15.5. The van der Waals surface area contributed by atoms with Crippen molar-refractivity contribution in [1.29, 1.82) is 0 Å². The van der Waals surface area contributed by atoms with E-state index in [1.807, 2.05) is 49.4 Å². The molecular weight excluding hydrogens is 254 g/mol. The maximum atomic E-state index is 6.58. The number of hydrogen-bond donors (Lipinski definition) is 0. The quantitative estimate of drug-likeness (QED) is 0.271. The van der Waals surface area contributed by atoms with Crippen molar-refractivity contribution in [1.82, 2.24) is 0 Å². The first-order valence-electron chi connectivity index (χ1n) is 6.36. The molecule has 1 aromatic carbocycles. The van der Waals surface area contributed by atoms with Crippen molar-refractivity contribution in [2.24, 2.45) is 4.99 Å². The molecule has 1 nitrogen and oxygen atoms in total. The summed E-state index contributed by atoms with van der Waals surface area (Å²) in [5.41, 5.74) is 3.29. The summed E-state index contributed by atoms with van der Waals surface area (Å²) in [6.07, 6.45) is 7.51. The van der Waals surface area contributed by atoms with Crippen LogP contribution in [0.1, 0.15) is 30.7 Å². The summed E-state index contributed by atoms with van der Waals surface area (Å²) in [7, 11) is 0. The van der Waals surface area contributed by atoms with Gasteiger partial charge in [0.1, 0.15) is 0 Å². The fraction of sp³-hybridized carbons (Fsp3) is 0.235. The van der Waals surface area contributed by atoms with Crippen molar-refractivity contribution < 1.29 is 0 Å². The van der Waals surface area contributed by atoms with Gasteiger partial charge in [-0.15, -0.1) is 18.2 Å². The lowest BCUT2D eigenvalue weighted by atomic mass is 9.95. The van der Waals surface area contributed by atoms with E-state index in [1.54, 1.807) is 6.20 Å². The Morgan fingerprint density at radius 3 is 2.58 bits per heavy atom. The van der Waals surface area contributed by atoms with Gasteiger partial charge >= 0.3 is 0 Å². The maximum Gasteiger partial charge on any atom is 0.0835 e. The molecule has 100 valence electrons. The van der Waals surface area contributed by atoms with Gasteiger partial charge < -0.3 is 0 Å². The summed E-state index contributed by atoms with van der Waals surface area (Å²) in [6, 6.07) is 10.1. The van der Waals surface area contributed by atoms with Crippen LogP contribution in [0.15, 0.2) is 71.4 Å². The topological polar surface area (TPSA) is 12.4 Å². The summed E-state index contributed by atoms with van der Waals surface area (Å²) >= 11 is 6.58. The van der Waals surface area contributed by atoms with Crippen LogP contribution in [-0.4, -0.2) is 6.72 Å². The summed E-state index contributed by atoms with van der Waals surface area (Å²) in [5.74, 6) is 0. The Labute approximate surface area is 121 Å². The van der Waals surface area contributed by atoms with Gasteiger partial charge in [-0.3, -0.25) is 4.99 Å². The SMILES string of the molecule is C=CCCC(=C/N=C)/C(=C\C)C(Cl)c1ccccc1. The zero-order valence-electron chi connectivity index (χ0n) is 11.3. The van der Waals surface area contributed by atoms with E-state index in [9.17, 15) is 0 Å². The molecule has 0 aromatic heterocycles. The monoisotopic (exact) mass is 273 g/mol. The van der Waals surface area contributed by atoms with Gasteiger partial charge in [-0.05, 0) is 43.2 Å². The molecule has 2 heteroatoms. The van der Waals surface area contributed by atoms with Crippen LogP contribution in [0.3, 0.4) is 0 Å². The van der Waals surface area contributed by atoms with E-state index >= 15 is 0 Å². The van der Waals surface area contributed by atoms with Crippen molar-refractivity contribution in [3.8, 4) is 0 Å². The van der Waals surface area contributed by atoms with Gasteiger partial charge in [0.15, 0.2) is 0 Å². The highest BCUT2D eigenvalue weighted by Gasteiger charge is 2.16. The number of benzene rings is 1. The molecular formula is C17H20ClN. The second-order valence-corrected chi connectivity index (χ2v) is 4.62. The Bertz CT molecular complexity index is 471. The van der Waals surface area contributed by atoms with Crippen LogP contribution in [-0.2, 0) is 0 Å². The first-order chi connectivity index (χ1) is 9.24. The fourth-order valence-corrected chi connectivity index (χ4v) is 2.36. The van der Waals surface area contributed by atoms with E-state index in [4.69, 9.17) is 11.6 Å². The van der Waals surface area contributed by atoms with Crippen LogP contribution in [0.25, 0.3) is 0 Å². The Hall–Kier alpha value is -1.60. The minimum atomic E-state index is -0.163. The number of aliphatic imine (C=N–C) groups is 1. The minimum Gasteiger partial charge on any atom is -0.272 e. The fourth-order valence-electron chi connectivity index (χ4n) is 1.95. The maximum absolute atomic E-state index is 6.58. The molecule has 0 spiro atoms. The summed E-state index contributed by atoms with van der Waals surface area (Å²) < 4.78 is 0. The second kappa shape index (κ2) is 8.49. The average molecular weight is 274 g/mol. The molecule has 0 N–H and O–H groups in total. The Morgan fingerprint density at radius 2 is 2.05 bits per heavy atom. The third-order valence-electron chi connectivity index (χ3n) is 2.91. The minimum absolute atomic E-state index is 0.163. The van der Waals surface area contributed by atoms with Crippen LogP contribution in [0.5, 0.6) is 0 Å². The molecule has 1 atom stereocenters. The highest BCUT2D eigenvalue weighted by molar-refractivity contribution is 6.23. The first-order valence-corrected chi connectivity index (χ1v) is 6.79. The van der Waals surface area contributed by atoms with E-state index in [-0.39, 0.29) is 5.38 Å². The normalized spacial score (nSPS) is 14.0.